The van der Waals surface area contributed by atoms with Gasteiger partial charge in [-0.25, -0.2) is 29.4 Å². The summed E-state index contributed by atoms with van der Waals surface area (Å²) < 4.78 is 0. The van der Waals surface area contributed by atoms with E-state index in [9.17, 15) is 14.4 Å². The van der Waals surface area contributed by atoms with Crippen LogP contribution in [0.4, 0.5) is 0 Å². The van der Waals surface area contributed by atoms with Gasteiger partial charge in [0.2, 0.25) is 18.2 Å². The summed E-state index contributed by atoms with van der Waals surface area (Å²) in [5.74, 6) is 0.835. The van der Waals surface area contributed by atoms with E-state index >= 15 is 0 Å². The van der Waals surface area contributed by atoms with Crippen LogP contribution in [0.25, 0.3) is 0 Å². The van der Waals surface area contributed by atoms with Crippen molar-refractivity contribution >= 4 is 30.0 Å². The Labute approximate surface area is 103 Å². The normalized spacial score (nSPS) is 10.6. The molecule has 0 N–H and O–H groups in total. The molecule has 0 fully saturated rings. The quantitative estimate of drug-likeness (QED) is 0.329. The maximum absolute atomic E-state index is 9.97. The zero-order chi connectivity index (χ0) is 12.8. The molecule has 7 heteroatoms. The summed E-state index contributed by atoms with van der Waals surface area (Å²) in [7, 11) is 0. The maximum Gasteiger partial charge on any atom is 0.234 e. The summed E-state index contributed by atoms with van der Waals surface area (Å²) >= 11 is 1.57. The van der Waals surface area contributed by atoms with Crippen LogP contribution in [0.15, 0.2) is 15.0 Å². The molecule has 6 nitrogen and oxygen atoms in total. The predicted molar refractivity (Wildman–Crippen MR) is 64.4 cm³/mol. The van der Waals surface area contributed by atoms with E-state index in [1.165, 1.54) is 18.2 Å². The van der Waals surface area contributed by atoms with Crippen LogP contribution in [0.3, 0.4) is 0 Å². The van der Waals surface area contributed by atoms with E-state index in [1.54, 1.807) is 11.8 Å². The Balaban J connectivity index is 3.77. The second kappa shape index (κ2) is 12.6. The number of hydrogen-bond acceptors (Lipinski definition) is 7. The van der Waals surface area contributed by atoms with Crippen molar-refractivity contribution in [3.63, 3.8) is 0 Å². The van der Waals surface area contributed by atoms with Crippen molar-refractivity contribution in [3.05, 3.63) is 0 Å². The molecule has 0 rings (SSSR count). The van der Waals surface area contributed by atoms with Gasteiger partial charge in [-0.2, -0.15) is 11.8 Å². The summed E-state index contributed by atoms with van der Waals surface area (Å²) in [5.41, 5.74) is 0. The molecule has 0 bridgehead atoms. The number of carbonyl (C=O) groups excluding carboxylic acids is 3. The second-order valence-corrected chi connectivity index (χ2v) is 4.45. The number of rotatable bonds is 10. The predicted octanol–water partition coefficient (Wildman–Crippen LogP) is 0.876. The van der Waals surface area contributed by atoms with Gasteiger partial charge in [-0.15, -0.1) is 0 Å². The van der Waals surface area contributed by atoms with E-state index in [0.717, 1.165) is 18.6 Å². The molecule has 0 aliphatic carbocycles. The van der Waals surface area contributed by atoms with Gasteiger partial charge in [0.05, 0.1) is 19.6 Å². The molecular formula is C10H13N3O3S. The Hall–Kier alpha value is -1.51. The van der Waals surface area contributed by atoms with E-state index in [1.807, 2.05) is 0 Å². The van der Waals surface area contributed by atoms with Crippen molar-refractivity contribution in [3.8, 4) is 0 Å². The molecule has 0 aromatic rings. The van der Waals surface area contributed by atoms with Gasteiger partial charge in [0.25, 0.3) is 0 Å². The van der Waals surface area contributed by atoms with E-state index in [2.05, 4.69) is 15.0 Å². The summed E-state index contributed by atoms with van der Waals surface area (Å²) in [6.07, 6.45) is 6.09. The lowest BCUT2D eigenvalue weighted by atomic mass is 10.3. The van der Waals surface area contributed by atoms with Crippen LogP contribution in [0, 0.1) is 0 Å². The molecule has 0 atom stereocenters. The van der Waals surface area contributed by atoms with Gasteiger partial charge in [0.1, 0.15) is 0 Å². The highest BCUT2D eigenvalue weighted by Crippen LogP contribution is 2.14. The minimum atomic E-state index is -0.00697. The molecule has 17 heavy (non-hydrogen) atoms. The summed E-state index contributed by atoms with van der Waals surface area (Å²) in [6, 6.07) is 0. The molecule has 0 aromatic heterocycles. The van der Waals surface area contributed by atoms with Crippen LogP contribution < -0.4 is 0 Å². The second-order valence-electron chi connectivity index (χ2n) is 3.04. The molecule has 0 unspecified atom stereocenters. The third-order valence-electron chi connectivity index (χ3n) is 1.80. The van der Waals surface area contributed by atoms with Crippen molar-refractivity contribution in [2.45, 2.75) is 18.1 Å². The van der Waals surface area contributed by atoms with Crippen molar-refractivity contribution < 1.29 is 14.4 Å². The van der Waals surface area contributed by atoms with E-state index in [0.29, 0.717) is 19.6 Å². The van der Waals surface area contributed by atoms with Gasteiger partial charge < -0.3 is 0 Å². The molecule has 0 saturated carbocycles. The molecule has 0 aliphatic rings. The minimum absolute atomic E-state index is 0.00697. The topological polar surface area (TPSA) is 88.3 Å². The summed E-state index contributed by atoms with van der Waals surface area (Å²) in [5, 5.41) is -0.00697. The van der Waals surface area contributed by atoms with Gasteiger partial charge in [-0.3, -0.25) is 0 Å². The Morgan fingerprint density at radius 1 is 0.882 bits per heavy atom. The smallest absolute Gasteiger partial charge is 0.211 e. The van der Waals surface area contributed by atoms with E-state index in [-0.39, 0.29) is 5.25 Å². The van der Waals surface area contributed by atoms with Crippen LogP contribution in [0.2, 0.25) is 0 Å². The summed E-state index contributed by atoms with van der Waals surface area (Å²) in [4.78, 5) is 40.1. The lowest BCUT2D eigenvalue weighted by Gasteiger charge is -2.09. The number of aliphatic imine (C=N–C) groups is 3. The molecular weight excluding hydrogens is 242 g/mol. The molecule has 0 spiro atoms. The SMILES string of the molecule is O=C=NCCCCSC(CN=C=O)CN=C=O. The summed E-state index contributed by atoms with van der Waals surface area (Å²) in [6.45, 7) is 1.07. The lowest BCUT2D eigenvalue weighted by Crippen LogP contribution is -2.12. The number of thioether (sulfide) groups is 1. The first kappa shape index (κ1) is 15.5. The van der Waals surface area contributed by atoms with Gasteiger partial charge in [-0.05, 0) is 18.6 Å². The first-order valence-corrected chi connectivity index (χ1v) is 6.12. The van der Waals surface area contributed by atoms with E-state index < -0.39 is 0 Å². The molecule has 0 heterocycles. The van der Waals surface area contributed by atoms with Crippen LogP contribution in [0.5, 0.6) is 0 Å². The standard InChI is InChI=1S/C10H13N3O3S/c14-7-11-3-1-2-4-17-10(5-12-8-15)6-13-9-16/h10H,1-6H2. The van der Waals surface area contributed by atoms with Crippen LogP contribution in [0.1, 0.15) is 12.8 Å². The van der Waals surface area contributed by atoms with E-state index in [4.69, 9.17) is 0 Å². The van der Waals surface area contributed by atoms with Gasteiger partial charge in [0, 0.05) is 5.25 Å². The maximum atomic E-state index is 9.97. The molecule has 0 amide bonds. The average molecular weight is 255 g/mol. The fourth-order valence-corrected chi connectivity index (χ4v) is 2.09. The van der Waals surface area contributed by atoms with Crippen LogP contribution in [-0.2, 0) is 14.4 Å². The number of unbranched alkanes of at least 4 members (excludes halogenated alkanes) is 1. The number of nitrogens with zero attached hydrogens (tertiary/aromatic N) is 3. The highest BCUT2D eigenvalue weighted by atomic mass is 32.2. The highest BCUT2D eigenvalue weighted by Gasteiger charge is 2.07. The van der Waals surface area contributed by atoms with Crippen molar-refractivity contribution in [2.75, 3.05) is 25.4 Å². The van der Waals surface area contributed by atoms with Gasteiger partial charge >= 0.3 is 0 Å². The Morgan fingerprint density at radius 2 is 1.47 bits per heavy atom. The Bertz CT molecular complexity index is 323. The van der Waals surface area contributed by atoms with Crippen LogP contribution >= 0.6 is 11.8 Å². The average Bonchev–Trinajstić information content (AvgIpc) is 2.35. The first-order valence-electron chi connectivity index (χ1n) is 5.07. The third kappa shape index (κ3) is 10.8. The Morgan fingerprint density at radius 3 is 2.00 bits per heavy atom. The lowest BCUT2D eigenvalue weighted by molar-refractivity contribution is 0.561. The zero-order valence-electron chi connectivity index (χ0n) is 9.29. The molecule has 0 saturated heterocycles. The number of hydrogen-bond donors (Lipinski definition) is 0. The highest BCUT2D eigenvalue weighted by molar-refractivity contribution is 7.99. The van der Waals surface area contributed by atoms with Gasteiger partial charge in [0.15, 0.2) is 0 Å². The zero-order valence-corrected chi connectivity index (χ0v) is 10.1. The number of isocyanates is 3. The van der Waals surface area contributed by atoms with Crippen molar-refractivity contribution in [2.24, 2.45) is 15.0 Å². The largest absolute Gasteiger partial charge is 0.234 e. The van der Waals surface area contributed by atoms with Crippen molar-refractivity contribution in [1.82, 2.24) is 0 Å². The Kier molecular flexibility index (Phi) is 11.4. The molecule has 0 aliphatic heterocycles. The van der Waals surface area contributed by atoms with Gasteiger partial charge in [-0.1, -0.05) is 0 Å². The molecule has 0 aromatic carbocycles. The fourth-order valence-electron chi connectivity index (χ4n) is 1.03. The minimum Gasteiger partial charge on any atom is -0.211 e. The van der Waals surface area contributed by atoms with Crippen molar-refractivity contribution in [1.29, 1.82) is 0 Å². The monoisotopic (exact) mass is 255 g/mol. The first-order chi connectivity index (χ1) is 8.35. The molecule has 0 radical (unpaired) electrons. The van der Waals surface area contributed by atoms with Crippen LogP contribution in [-0.4, -0.2) is 48.9 Å². The third-order valence-corrected chi connectivity index (χ3v) is 3.10. The molecule has 92 valence electrons. The fraction of sp³-hybridized carbons (Fsp3) is 0.700.